The Hall–Kier alpha value is -3.71. The van der Waals surface area contributed by atoms with Gasteiger partial charge in [-0.15, -0.1) is 0 Å². The van der Waals surface area contributed by atoms with E-state index in [9.17, 15) is 14.4 Å². The molecule has 0 fully saturated rings. The Kier molecular flexibility index (Phi) is 7.17. The van der Waals surface area contributed by atoms with E-state index in [0.29, 0.717) is 12.2 Å². The lowest BCUT2D eigenvalue weighted by Crippen LogP contribution is -2.55. The molecule has 1 aliphatic heterocycles. The Balaban J connectivity index is 1.65. The molecule has 3 aromatic carbocycles. The average molecular weight is 473 g/mol. The van der Waals surface area contributed by atoms with Crippen LogP contribution in [0.2, 0.25) is 0 Å². The number of fused-ring (bicyclic) bond motifs is 2. The van der Waals surface area contributed by atoms with Gasteiger partial charge in [0, 0.05) is 17.6 Å². The van der Waals surface area contributed by atoms with E-state index >= 15 is 0 Å². The summed E-state index contributed by atoms with van der Waals surface area (Å²) >= 11 is 0. The van der Waals surface area contributed by atoms with E-state index in [2.05, 4.69) is 16.0 Å². The van der Waals surface area contributed by atoms with Crippen LogP contribution < -0.4 is 16.0 Å². The SMILES string of the molecule is CNC(C)C(=O)NC(C(=O)N1Cc2ccccc2[C@H]1C(=O)Nc1cccc2ccccc12)C(C)C. The minimum absolute atomic E-state index is 0.152. The van der Waals surface area contributed by atoms with Crippen molar-refractivity contribution in [3.05, 3.63) is 77.9 Å². The van der Waals surface area contributed by atoms with Crippen molar-refractivity contribution < 1.29 is 14.4 Å². The zero-order valence-corrected chi connectivity index (χ0v) is 20.5. The van der Waals surface area contributed by atoms with Crippen LogP contribution in [0, 0.1) is 5.92 Å². The van der Waals surface area contributed by atoms with Gasteiger partial charge in [-0.1, -0.05) is 74.5 Å². The van der Waals surface area contributed by atoms with Gasteiger partial charge in [0.2, 0.25) is 11.8 Å². The topological polar surface area (TPSA) is 90.5 Å². The standard InChI is InChI=1S/C28H32N4O3/c1-17(2)24(31-26(33)18(3)29-4)28(35)32-16-20-11-6-8-14-22(20)25(32)27(34)30-23-15-9-12-19-10-5-7-13-21(19)23/h5-15,17-18,24-25,29H,16H2,1-4H3,(H,30,34)(H,31,33)/t18?,24?,25-/m0/s1. The fourth-order valence-electron chi connectivity index (χ4n) is 4.51. The Morgan fingerprint density at radius 2 is 1.60 bits per heavy atom. The van der Waals surface area contributed by atoms with E-state index in [1.54, 1.807) is 18.9 Å². The molecule has 3 amide bonds. The first kappa shape index (κ1) is 24.4. The lowest BCUT2D eigenvalue weighted by atomic mass is 10.0. The number of amides is 3. The third-order valence-electron chi connectivity index (χ3n) is 6.64. The molecule has 0 saturated carbocycles. The van der Waals surface area contributed by atoms with Crippen molar-refractivity contribution in [2.75, 3.05) is 12.4 Å². The number of carbonyl (C=O) groups is 3. The molecule has 0 aliphatic carbocycles. The van der Waals surface area contributed by atoms with E-state index in [0.717, 1.165) is 21.9 Å². The molecule has 3 N–H and O–H groups in total. The molecule has 0 radical (unpaired) electrons. The van der Waals surface area contributed by atoms with Crippen molar-refractivity contribution >= 4 is 34.2 Å². The molecule has 3 aromatic rings. The first-order chi connectivity index (χ1) is 16.8. The zero-order chi connectivity index (χ0) is 25.1. The highest BCUT2D eigenvalue weighted by atomic mass is 16.2. The van der Waals surface area contributed by atoms with E-state index < -0.39 is 18.1 Å². The number of likely N-dealkylation sites (N-methyl/N-ethyl adjacent to an activating group) is 1. The van der Waals surface area contributed by atoms with Crippen LogP contribution in [0.25, 0.3) is 10.8 Å². The smallest absolute Gasteiger partial charge is 0.251 e. The largest absolute Gasteiger partial charge is 0.343 e. The van der Waals surface area contributed by atoms with Gasteiger partial charge in [-0.05, 0) is 42.5 Å². The molecule has 4 rings (SSSR count). The molecule has 0 aromatic heterocycles. The van der Waals surface area contributed by atoms with Gasteiger partial charge in [0.05, 0.1) is 6.04 Å². The van der Waals surface area contributed by atoms with Crippen molar-refractivity contribution in [3.8, 4) is 0 Å². The van der Waals surface area contributed by atoms with E-state index in [-0.39, 0.29) is 23.6 Å². The molecule has 2 unspecified atom stereocenters. The van der Waals surface area contributed by atoms with Crippen molar-refractivity contribution in [3.63, 3.8) is 0 Å². The quantitative estimate of drug-likeness (QED) is 0.490. The van der Waals surface area contributed by atoms with Crippen LogP contribution in [-0.2, 0) is 20.9 Å². The number of benzene rings is 3. The van der Waals surface area contributed by atoms with Crippen LogP contribution >= 0.6 is 0 Å². The molecule has 1 aliphatic rings. The monoisotopic (exact) mass is 472 g/mol. The molecular weight excluding hydrogens is 440 g/mol. The van der Waals surface area contributed by atoms with Crippen LogP contribution in [0.3, 0.4) is 0 Å². The van der Waals surface area contributed by atoms with Crippen molar-refractivity contribution in [1.29, 1.82) is 0 Å². The summed E-state index contributed by atoms with van der Waals surface area (Å²) in [5, 5.41) is 10.8. The second-order valence-electron chi connectivity index (χ2n) is 9.32. The van der Waals surface area contributed by atoms with Crippen LogP contribution in [0.4, 0.5) is 5.69 Å². The maximum Gasteiger partial charge on any atom is 0.251 e. The molecule has 182 valence electrons. The minimum Gasteiger partial charge on any atom is -0.343 e. The summed E-state index contributed by atoms with van der Waals surface area (Å²) in [5.41, 5.74) is 2.42. The van der Waals surface area contributed by atoms with Crippen molar-refractivity contribution in [2.24, 2.45) is 5.92 Å². The highest BCUT2D eigenvalue weighted by molar-refractivity contribution is 6.05. The van der Waals surface area contributed by atoms with Crippen LogP contribution in [0.15, 0.2) is 66.7 Å². The molecular formula is C28H32N4O3. The number of hydrogen-bond acceptors (Lipinski definition) is 4. The molecule has 7 nitrogen and oxygen atoms in total. The average Bonchev–Trinajstić information content (AvgIpc) is 3.26. The molecule has 1 heterocycles. The zero-order valence-electron chi connectivity index (χ0n) is 20.5. The van der Waals surface area contributed by atoms with Gasteiger partial charge in [0.15, 0.2) is 0 Å². The Bertz CT molecular complexity index is 1250. The number of rotatable bonds is 7. The number of nitrogens with one attached hydrogen (secondary N) is 3. The normalized spacial score (nSPS) is 16.6. The van der Waals surface area contributed by atoms with Gasteiger partial charge in [0.1, 0.15) is 12.1 Å². The minimum atomic E-state index is -0.794. The van der Waals surface area contributed by atoms with Gasteiger partial charge in [-0.2, -0.15) is 0 Å². The second-order valence-corrected chi connectivity index (χ2v) is 9.32. The van der Waals surface area contributed by atoms with Gasteiger partial charge in [-0.3, -0.25) is 14.4 Å². The molecule has 0 spiro atoms. The van der Waals surface area contributed by atoms with Gasteiger partial charge in [0.25, 0.3) is 5.91 Å². The highest BCUT2D eigenvalue weighted by Gasteiger charge is 2.42. The highest BCUT2D eigenvalue weighted by Crippen LogP contribution is 2.36. The predicted molar refractivity (Wildman–Crippen MR) is 138 cm³/mol. The number of hydrogen-bond donors (Lipinski definition) is 3. The lowest BCUT2D eigenvalue weighted by molar-refractivity contribution is -0.143. The molecule has 7 heteroatoms. The summed E-state index contributed by atoms with van der Waals surface area (Å²) in [4.78, 5) is 41.7. The first-order valence-electron chi connectivity index (χ1n) is 12.0. The summed E-state index contributed by atoms with van der Waals surface area (Å²) in [6, 6.07) is 19.2. The summed E-state index contributed by atoms with van der Waals surface area (Å²) < 4.78 is 0. The van der Waals surface area contributed by atoms with Crippen molar-refractivity contribution in [2.45, 2.75) is 45.4 Å². The molecule has 0 bridgehead atoms. The van der Waals surface area contributed by atoms with Crippen LogP contribution in [0.1, 0.15) is 37.9 Å². The summed E-state index contributed by atoms with van der Waals surface area (Å²) in [6.45, 7) is 5.83. The number of anilines is 1. The Labute approximate surface area is 205 Å². The summed E-state index contributed by atoms with van der Waals surface area (Å²) in [5.74, 6) is -0.961. The maximum atomic E-state index is 13.8. The van der Waals surface area contributed by atoms with Gasteiger partial charge < -0.3 is 20.9 Å². The fourth-order valence-corrected chi connectivity index (χ4v) is 4.51. The maximum absolute atomic E-state index is 13.8. The predicted octanol–water partition coefficient (Wildman–Crippen LogP) is 3.61. The third-order valence-corrected chi connectivity index (χ3v) is 6.64. The Morgan fingerprint density at radius 3 is 2.34 bits per heavy atom. The molecule has 0 saturated heterocycles. The van der Waals surface area contributed by atoms with E-state index in [1.807, 2.05) is 80.6 Å². The fraction of sp³-hybridized carbons (Fsp3) is 0.321. The summed E-state index contributed by atoms with van der Waals surface area (Å²) in [7, 11) is 1.70. The van der Waals surface area contributed by atoms with Crippen molar-refractivity contribution in [1.82, 2.24) is 15.5 Å². The lowest BCUT2D eigenvalue weighted by Gasteiger charge is -2.31. The molecule has 35 heavy (non-hydrogen) atoms. The van der Waals surface area contributed by atoms with E-state index in [4.69, 9.17) is 0 Å². The third kappa shape index (κ3) is 4.91. The van der Waals surface area contributed by atoms with Crippen LogP contribution in [0.5, 0.6) is 0 Å². The van der Waals surface area contributed by atoms with E-state index in [1.165, 1.54) is 0 Å². The van der Waals surface area contributed by atoms with Gasteiger partial charge >= 0.3 is 0 Å². The van der Waals surface area contributed by atoms with Gasteiger partial charge in [-0.25, -0.2) is 0 Å². The number of nitrogens with zero attached hydrogens (tertiary/aromatic N) is 1. The number of carbonyl (C=O) groups excluding carboxylic acids is 3. The van der Waals surface area contributed by atoms with Crippen LogP contribution in [-0.4, -0.2) is 41.8 Å². The summed E-state index contributed by atoms with van der Waals surface area (Å²) in [6.07, 6.45) is 0. The Morgan fingerprint density at radius 1 is 0.914 bits per heavy atom. The molecule has 3 atom stereocenters. The first-order valence-corrected chi connectivity index (χ1v) is 12.0. The second kappa shape index (κ2) is 10.3.